The fourth-order valence-corrected chi connectivity index (χ4v) is 2.13. The number of nitrogens with zero attached hydrogens (tertiary/aromatic N) is 4. The number of alkyl halides is 1. The normalized spacial score (nSPS) is 19.8. The fraction of sp³-hybridized carbons (Fsp3) is 0.750. The van der Waals surface area contributed by atoms with Gasteiger partial charge in [0.25, 0.3) is 0 Å². The molecular formula is C12H19ClN4O2. The number of hydrogen-bond donors (Lipinski definition) is 0. The zero-order valence-corrected chi connectivity index (χ0v) is 12.2. The van der Waals surface area contributed by atoms with Crippen LogP contribution in [0, 0.1) is 0 Å². The lowest BCUT2D eigenvalue weighted by molar-refractivity contribution is 0.0288. The first-order valence-electron chi connectivity index (χ1n) is 6.33. The molecule has 6 nitrogen and oxygen atoms in total. The van der Waals surface area contributed by atoms with Crippen molar-refractivity contribution in [3.05, 3.63) is 11.9 Å². The van der Waals surface area contributed by atoms with Gasteiger partial charge < -0.3 is 9.64 Å². The second-order valence-electron chi connectivity index (χ2n) is 5.69. The summed E-state index contributed by atoms with van der Waals surface area (Å²) in [4.78, 5) is 13.6. The van der Waals surface area contributed by atoms with Crippen LogP contribution in [0.25, 0.3) is 0 Å². The number of carbonyl (C=O) groups is 1. The van der Waals surface area contributed by atoms with Gasteiger partial charge >= 0.3 is 6.09 Å². The van der Waals surface area contributed by atoms with Crippen molar-refractivity contribution in [1.82, 2.24) is 19.9 Å². The average molecular weight is 287 g/mol. The molecule has 0 bridgehead atoms. The largest absolute Gasteiger partial charge is 0.444 e. The molecule has 2 heterocycles. The Balaban J connectivity index is 1.94. The van der Waals surface area contributed by atoms with E-state index in [2.05, 4.69) is 10.3 Å². The SMILES string of the molecule is CC(C)(C)OC(=O)N1CC[C@@H](n2cc(CCl)nn2)C1. The van der Waals surface area contributed by atoms with Gasteiger partial charge in [0.15, 0.2) is 0 Å². The molecule has 0 spiro atoms. The summed E-state index contributed by atoms with van der Waals surface area (Å²) in [6, 6.07) is 0.150. The second-order valence-corrected chi connectivity index (χ2v) is 5.96. The predicted octanol–water partition coefficient (Wildman–Crippen LogP) is 2.20. The lowest BCUT2D eigenvalue weighted by Crippen LogP contribution is -2.35. The first kappa shape index (κ1) is 14.1. The van der Waals surface area contributed by atoms with Gasteiger partial charge in [-0.05, 0) is 27.2 Å². The molecule has 2 rings (SSSR count). The summed E-state index contributed by atoms with van der Waals surface area (Å²) in [6.07, 6.45) is 2.41. The molecule has 0 saturated carbocycles. The monoisotopic (exact) mass is 286 g/mol. The molecule has 19 heavy (non-hydrogen) atoms. The third-order valence-electron chi connectivity index (χ3n) is 2.88. The molecule has 1 aromatic rings. The van der Waals surface area contributed by atoms with Gasteiger partial charge in [-0.3, -0.25) is 0 Å². The van der Waals surface area contributed by atoms with Gasteiger partial charge in [0.1, 0.15) is 5.60 Å². The summed E-state index contributed by atoms with van der Waals surface area (Å²) in [5.74, 6) is 0.350. The molecule has 1 saturated heterocycles. The molecular weight excluding hydrogens is 268 g/mol. The van der Waals surface area contributed by atoms with E-state index in [4.69, 9.17) is 16.3 Å². The van der Waals surface area contributed by atoms with Crippen LogP contribution in [-0.2, 0) is 10.6 Å². The van der Waals surface area contributed by atoms with E-state index in [-0.39, 0.29) is 12.1 Å². The van der Waals surface area contributed by atoms with Crippen LogP contribution >= 0.6 is 11.6 Å². The van der Waals surface area contributed by atoms with Gasteiger partial charge in [-0.2, -0.15) is 0 Å². The summed E-state index contributed by atoms with van der Waals surface area (Å²) in [5.41, 5.74) is 0.284. The standard InChI is InChI=1S/C12H19ClN4O2/c1-12(2,3)19-11(18)16-5-4-10(8-16)17-7-9(6-13)14-15-17/h7,10H,4-6,8H2,1-3H3/t10-/m1/s1. The number of likely N-dealkylation sites (tertiary alicyclic amines) is 1. The number of aromatic nitrogens is 3. The highest BCUT2D eigenvalue weighted by molar-refractivity contribution is 6.16. The van der Waals surface area contributed by atoms with Crippen LogP contribution in [0.15, 0.2) is 6.20 Å². The molecule has 7 heteroatoms. The first-order valence-corrected chi connectivity index (χ1v) is 6.87. The van der Waals surface area contributed by atoms with Crippen LogP contribution in [0.1, 0.15) is 38.9 Å². The Labute approximate surface area is 117 Å². The van der Waals surface area contributed by atoms with Gasteiger partial charge in [0.05, 0.1) is 23.8 Å². The fourth-order valence-electron chi connectivity index (χ4n) is 2.00. The summed E-state index contributed by atoms with van der Waals surface area (Å²) in [5, 5.41) is 8.00. The lowest BCUT2D eigenvalue weighted by atomic mass is 10.2. The van der Waals surface area contributed by atoms with Crippen molar-refractivity contribution in [3.63, 3.8) is 0 Å². The molecule has 1 aromatic heterocycles. The quantitative estimate of drug-likeness (QED) is 0.782. The summed E-state index contributed by atoms with van der Waals surface area (Å²) >= 11 is 5.70. The highest BCUT2D eigenvalue weighted by Gasteiger charge is 2.31. The molecule has 1 atom stereocenters. The number of ether oxygens (including phenoxy) is 1. The van der Waals surface area contributed by atoms with Crippen molar-refractivity contribution in [2.75, 3.05) is 13.1 Å². The van der Waals surface area contributed by atoms with E-state index < -0.39 is 5.60 Å². The topological polar surface area (TPSA) is 60.2 Å². The van der Waals surface area contributed by atoms with Gasteiger partial charge in [-0.1, -0.05) is 5.21 Å². The first-order chi connectivity index (χ1) is 8.89. The van der Waals surface area contributed by atoms with Gasteiger partial charge in [-0.15, -0.1) is 16.7 Å². The van der Waals surface area contributed by atoms with Gasteiger partial charge in [0, 0.05) is 13.1 Å². The van der Waals surface area contributed by atoms with Crippen molar-refractivity contribution in [3.8, 4) is 0 Å². The smallest absolute Gasteiger partial charge is 0.410 e. The Morgan fingerprint density at radius 3 is 2.89 bits per heavy atom. The maximum absolute atomic E-state index is 11.9. The average Bonchev–Trinajstić information content (AvgIpc) is 2.95. The van der Waals surface area contributed by atoms with Crippen LogP contribution in [0.3, 0.4) is 0 Å². The Morgan fingerprint density at radius 1 is 1.58 bits per heavy atom. The van der Waals surface area contributed by atoms with Crippen molar-refractivity contribution < 1.29 is 9.53 Å². The zero-order chi connectivity index (χ0) is 14.0. The molecule has 0 radical (unpaired) electrons. The lowest BCUT2D eigenvalue weighted by Gasteiger charge is -2.24. The van der Waals surface area contributed by atoms with Gasteiger partial charge in [0.2, 0.25) is 0 Å². The minimum absolute atomic E-state index is 0.150. The minimum Gasteiger partial charge on any atom is -0.444 e. The third-order valence-corrected chi connectivity index (χ3v) is 3.16. The van der Waals surface area contributed by atoms with E-state index in [9.17, 15) is 4.79 Å². The van der Waals surface area contributed by atoms with E-state index in [1.165, 1.54) is 0 Å². The Hall–Kier alpha value is -1.30. The number of hydrogen-bond acceptors (Lipinski definition) is 4. The van der Waals surface area contributed by atoms with E-state index in [1.54, 1.807) is 9.58 Å². The Kier molecular flexibility index (Phi) is 3.99. The number of rotatable bonds is 2. The molecule has 0 unspecified atom stereocenters. The van der Waals surface area contributed by atoms with E-state index in [0.29, 0.717) is 19.0 Å². The van der Waals surface area contributed by atoms with Crippen molar-refractivity contribution in [2.24, 2.45) is 0 Å². The highest BCUT2D eigenvalue weighted by atomic mass is 35.5. The third kappa shape index (κ3) is 3.59. The number of amides is 1. The molecule has 106 valence electrons. The molecule has 1 aliphatic rings. The van der Waals surface area contributed by atoms with Crippen LogP contribution in [0.2, 0.25) is 0 Å². The minimum atomic E-state index is -0.464. The Morgan fingerprint density at radius 2 is 2.32 bits per heavy atom. The predicted molar refractivity (Wildman–Crippen MR) is 71.0 cm³/mol. The van der Waals surface area contributed by atoms with Crippen LogP contribution in [-0.4, -0.2) is 44.7 Å². The number of halogens is 1. The van der Waals surface area contributed by atoms with Crippen molar-refractivity contribution >= 4 is 17.7 Å². The molecule has 1 aliphatic heterocycles. The maximum atomic E-state index is 11.9. The van der Waals surface area contributed by atoms with Crippen molar-refractivity contribution in [1.29, 1.82) is 0 Å². The summed E-state index contributed by atoms with van der Waals surface area (Å²) < 4.78 is 7.13. The summed E-state index contributed by atoms with van der Waals surface area (Å²) in [6.45, 7) is 6.86. The van der Waals surface area contributed by atoms with Gasteiger partial charge in [-0.25, -0.2) is 9.48 Å². The van der Waals surface area contributed by atoms with Crippen LogP contribution in [0.5, 0.6) is 0 Å². The molecule has 1 amide bonds. The van der Waals surface area contributed by atoms with E-state index >= 15 is 0 Å². The Bertz CT molecular complexity index is 455. The highest BCUT2D eigenvalue weighted by Crippen LogP contribution is 2.23. The molecule has 1 fully saturated rings. The maximum Gasteiger partial charge on any atom is 0.410 e. The molecule has 0 aromatic carbocycles. The van der Waals surface area contributed by atoms with Crippen LogP contribution in [0.4, 0.5) is 4.79 Å². The molecule has 0 aliphatic carbocycles. The van der Waals surface area contributed by atoms with Crippen molar-refractivity contribution in [2.45, 2.75) is 44.7 Å². The molecule has 0 N–H and O–H groups in total. The van der Waals surface area contributed by atoms with E-state index in [1.807, 2.05) is 27.0 Å². The van der Waals surface area contributed by atoms with E-state index in [0.717, 1.165) is 12.1 Å². The number of carbonyl (C=O) groups excluding carboxylic acids is 1. The van der Waals surface area contributed by atoms with Crippen LogP contribution < -0.4 is 0 Å². The zero-order valence-electron chi connectivity index (χ0n) is 11.5. The second kappa shape index (κ2) is 5.36. The summed E-state index contributed by atoms with van der Waals surface area (Å²) in [7, 11) is 0.